The fraction of sp³-hybridized carbons (Fsp3) is 0.192. The van der Waals surface area contributed by atoms with Crippen molar-refractivity contribution in [1.29, 1.82) is 0 Å². The van der Waals surface area contributed by atoms with Gasteiger partial charge in [-0.05, 0) is 31.0 Å². The van der Waals surface area contributed by atoms with Gasteiger partial charge in [0.25, 0.3) is 0 Å². The number of aliphatic hydroxyl groups excluding tert-OH is 1. The molecule has 0 bridgehead atoms. The van der Waals surface area contributed by atoms with E-state index >= 15 is 0 Å². The SMILES string of the molecule is OC(Nc1cncc(-c2cc3c(-c4nc5c(-c6ccoc6)cncc5[nH]4)n[nH]c3cn2)c1)C1CCC1. The van der Waals surface area contributed by atoms with Gasteiger partial charge < -0.3 is 19.8 Å². The monoisotopic (exact) mass is 478 g/mol. The third-order valence-electron chi connectivity index (χ3n) is 6.84. The number of nitrogens with zero attached hydrogens (tertiary/aromatic N) is 5. The number of imidazole rings is 1. The van der Waals surface area contributed by atoms with Crippen LogP contribution in [0.15, 0.2) is 66.1 Å². The van der Waals surface area contributed by atoms with Crippen molar-refractivity contribution >= 4 is 27.6 Å². The number of fused-ring (bicyclic) bond motifs is 2. The molecule has 0 spiro atoms. The van der Waals surface area contributed by atoms with E-state index in [-0.39, 0.29) is 0 Å². The quantitative estimate of drug-likeness (QED) is 0.251. The molecule has 1 aliphatic rings. The van der Waals surface area contributed by atoms with Gasteiger partial charge >= 0.3 is 0 Å². The van der Waals surface area contributed by atoms with Crippen molar-refractivity contribution in [3.05, 3.63) is 61.7 Å². The van der Waals surface area contributed by atoms with Gasteiger partial charge in [-0.1, -0.05) is 6.42 Å². The summed E-state index contributed by atoms with van der Waals surface area (Å²) in [5.74, 6) is 0.924. The van der Waals surface area contributed by atoms with Crippen molar-refractivity contribution in [3.8, 4) is 33.9 Å². The second-order valence-corrected chi connectivity index (χ2v) is 9.11. The van der Waals surface area contributed by atoms with Gasteiger partial charge in [0.15, 0.2) is 5.82 Å². The van der Waals surface area contributed by atoms with Crippen LogP contribution in [0.3, 0.4) is 0 Å². The molecule has 6 aromatic heterocycles. The molecule has 0 saturated heterocycles. The average Bonchev–Trinajstić information content (AvgIpc) is 3.61. The molecular formula is C26H22N8O2. The molecule has 4 N–H and O–H groups in total. The van der Waals surface area contributed by atoms with Gasteiger partial charge in [-0.15, -0.1) is 0 Å². The fourth-order valence-electron chi connectivity index (χ4n) is 4.63. The van der Waals surface area contributed by atoms with E-state index < -0.39 is 6.23 Å². The standard InChI is InChI=1S/C26H22N8O2/c35-26(14-2-1-3-14)30-17-6-16(8-27-9-17)20-7-18-21(12-29-20)33-34-24(18)25-31-22-11-28-10-19(23(22)32-25)15-4-5-36-13-15/h4-14,26,30,35H,1-3H2,(H,31,32)(H,33,34). The van der Waals surface area contributed by atoms with Crippen LogP contribution in [0.2, 0.25) is 0 Å². The van der Waals surface area contributed by atoms with Crippen LogP contribution in [0.25, 0.3) is 55.8 Å². The van der Waals surface area contributed by atoms with Gasteiger partial charge in [-0.3, -0.25) is 20.1 Å². The number of H-pyrrole nitrogens is 2. The zero-order valence-electron chi connectivity index (χ0n) is 19.1. The third-order valence-corrected chi connectivity index (χ3v) is 6.84. The number of hydrogen-bond acceptors (Lipinski definition) is 8. The number of furan rings is 1. The van der Waals surface area contributed by atoms with Gasteiger partial charge in [0, 0.05) is 40.4 Å². The number of pyridine rings is 3. The van der Waals surface area contributed by atoms with Crippen molar-refractivity contribution < 1.29 is 9.52 Å². The predicted molar refractivity (Wildman–Crippen MR) is 135 cm³/mol. The molecule has 10 heteroatoms. The largest absolute Gasteiger partial charge is 0.472 e. The molecule has 6 heterocycles. The van der Waals surface area contributed by atoms with Crippen LogP contribution in [0, 0.1) is 5.92 Å². The maximum absolute atomic E-state index is 10.4. The average molecular weight is 479 g/mol. The Morgan fingerprint density at radius 1 is 1.03 bits per heavy atom. The molecule has 0 aromatic carbocycles. The van der Waals surface area contributed by atoms with Crippen molar-refractivity contribution in [2.45, 2.75) is 25.5 Å². The maximum Gasteiger partial charge on any atom is 0.159 e. The zero-order chi connectivity index (χ0) is 24.1. The van der Waals surface area contributed by atoms with Crippen molar-refractivity contribution in [2.24, 2.45) is 5.92 Å². The molecule has 1 aliphatic carbocycles. The molecule has 1 saturated carbocycles. The van der Waals surface area contributed by atoms with Crippen LogP contribution in [-0.2, 0) is 0 Å². The van der Waals surface area contributed by atoms with E-state index in [1.807, 2.05) is 18.2 Å². The maximum atomic E-state index is 10.4. The van der Waals surface area contributed by atoms with E-state index in [1.54, 1.807) is 43.5 Å². The predicted octanol–water partition coefficient (Wildman–Crippen LogP) is 4.75. The van der Waals surface area contributed by atoms with E-state index in [2.05, 4.69) is 35.5 Å². The van der Waals surface area contributed by atoms with Crippen molar-refractivity contribution in [1.82, 2.24) is 35.1 Å². The summed E-state index contributed by atoms with van der Waals surface area (Å²) in [4.78, 5) is 21.5. The highest BCUT2D eigenvalue weighted by atomic mass is 16.3. The topological polar surface area (TPSA) is 141 Å². The summed E-state index contributed by atoms with van der Waals surface area (Å²) in [5, 5.41) is 22.0. The third kappa shape index (κ3) is 3.50. The number of anilines is 1. The Balaban J connectivity index is 1.26. The summed E-state index contributed by atoms with van der Waals surface area (Å²) < 4.78 is 5.25. The Kier molecular flexibility index (Phi) is 4.78. The molecule has 0 radical (unpaired) electrons. The molecular weight excluding hydrogens is 456 g/mol. The van der Waals surface area contributed by atoms with E-state index in [1.165, 1.54) is 6.42 Å². The number of aromatic amines is 2. The van der Waals surface area contributed by atoms with E-state index in [0.717, 1.165) is 62.8 Å². The van der Waals surface area contributed by atoms with E-state index in [4.69, 9.17) is 9.40 Å². The minimum Gasteiger partial charge on any atom is -0.472 e. The molecule has 0 amide bonds. The molecule has 1 atom stereocenters. The lowest BCUT2D eigenvalue weighted by molar-refractivity contribution is 0.0851. The Hall–Kier alpha value is -4.57. The summed E-state index contributed by atoms with van der Waals surface area (Å²) in [7, 11) is 0. The number of aliphatic hydroxyl groups is 1. The van der Waals surface area contributed by atoms with Crippen molar-refractivity contribution in [3.63, 3.8) is 0 Å². The molecule has 1 unspecified atom stereocenters. The second kappa shape index (κ2) is 8.28. The summed E-state index contributed by atoms with van der Waals surface area (Å²) in [6.45, 7) is 0. The van der Waals surface area contributed by atoms with Gasteiger partial charge in [0.05, 0.1) is 53.5 Å². The first kappa shape index (κ1) is 20.8. The van der Waals surface area contributed by atoms with Crippen LogP contribution < -0.4 is 5.32 Å². The highest BCUT2D eigenvalue weighted by molar-refractivity contribution is 5.97. The number of aromatic nitrogens is 7. The molecule has 178 valence electrons. The lowest BCUT2D eigenvalue weighted by atomic mass is 9.84. The minimum atomic E-state index is -0.568. The Bertz CT molecular complexity index is 1680. The first-order chi connectivity index (χ1) is 17.7. The summed E-state index contributed by atoms with van der Waals surface area (Å²) in [6.07, 6.45) is 14.8. The van der Waals surface area contributed by atoms with Gasteiger partial charge in [0.2, 0.25) is 0 Å². The van der Waals surface area contributed by atoms with E-state index in [9.17, 15) is 5.11 Å². The van der Waals surface area contributed by atoms with Crippen LogP contribution in [0.1, 0.15) is 19.3 Å². The summed E-state index contributed by atoms with van der Waals surface area (Å²) in [6, 6.07) is 5.81. The smallest absolute Gasteiger partial charge is 0.159 e. The highest BCUT2D eigenvalue weighted by Crippen LogP contribution is 2.33. The second-order valence-electron chi connectivity index (χ2n) is 9.11. The van der Waals surface area contributed by atoms with Crippen molar-refractivity contribution in [2.75, 3.05) is 5.32 Å². The molecule has 7 rings (SSSR count). The van der Waals surface area contributed by atoms with E-state index in [0.29, 0.717) is 17.4 Å². The number of hydrogen-bond donors (Lipinski definition) is 4. The van der Waals surface area contributed by atoms with Crippen LogP contribution >= 0.6 is 0 Å². The van der Waals surface area contributed by atoms with Crippen LogP contribution in [-0.4, -0.2) is 46.5 Å². The Morgan fingerprint density at radius 2 is 1.94 bits per heavy atom. The lowest BCUT2D eigenvalue weighted by Gasteiger charge is -2.31. The number of nitrogens with one attached hydrogen (secondary N) is 3. The van der Waals surface area contributed by atoms with Gasteiger partial charge in [-0.2, -0.15) is 5.10 Å². The highest BCUT2D eigenvalue weighted by Gasteiger charge is 2.25. The summed E-state index contributed by atoms with van der Waals surface area (Å²) in [5.41, 5.74) is 7.22. The fourth-order valence-corrected chi connectivity index (χ4v) is 4.63. The minimum absolute atomic E-state index is 0.296. The summed E-state index contributed by atoms with van der Waals surface area (Å²) >= 11 is 0. The Morgan fingerprint density at radius 3 is 2.78 bits per heavy atom. The lowest BCUT2D eigenvalue weighted by Crippen LogP contribution is -2.33. The Labute approximate surface area is 204 Å². The molecule has 36 heavy (non-hydrogen) atoms. The normalized spacial score (nSPS) is 14.8. The first-order valence-electron chi connectivity index (χ1n) is 11.8. The molecule has 1 fully saturated rings. The first-order valence-corrected chi connectivity index (χ1v) is 11.8. The number of rotatable bonds is 6. The van der Waals surface area contributed by atoms with Gasteiger partial charge in [-0.25, -0.2) is 4.98 Å². The van der Waals surface area contributed by atoms with Crippen LogP contribution in [0.4, 0.5) is 5.69 Å². The zero-order valence-corrected chi connectivity index (χ0v) is 19.1. The van der Waals surface area contributed by atoms with Crippen LogP contribution in [0.5, 0.6) is 0 Å². The molecule has 0 aliphatic heterocycles. The molecule has 6 aromatic rings. The van der Waals surface area contributed by atoms with Gasteiger partial charge in [0.1, 0.15) is 17.4 Å². The molecule has 10 nitrogen and oxygen atoms in total.